The number of hydrogen-bond acceptors (Lipinski definition) is 2. The zero-order valence-electron chi connectivity index (χ0n) is 7.79. The summed E-state index contributed by atoms with van der Waals surface area (Å²) in [4.78, 5) is 2.50. The van der Waals surface area contributed by atoms with E-state index in [0.29, 0.717) is 6.04 Å². The molecule has 0 radical (unpaired) electrons. The molecular formula is C10H14BrNO. The number of likely N-dealkylation sites (tertiary alicyclic amines) is 1. The highest BCUT2D eigenvalue weighted by Gasteiger charge is 2.20. The second-order valence-electron chi connectivity index (χ2n) is 3.60. The van der Waals surface area contributed by atoms with Crippen LogP contribution >= 0.6 is 15.9 Å². The molecule has 1 atom stereocenters. The van der Waals surface area contributed by atoms with Crippen molar-refractivity contribution in [2.45, 2.75) is 25.8 Å². The van der Waals surface area contributed by atoms with E-state index in [1.807, 2.05) is 6.26 Å². The van der Waals surface area contributed by atoms with Crippen molar-refractivity contribution in [2.24, 2.45) is 0 Å². The van der Waals surface area contributed by atoms with Gasteiger partial charge >= 0.3 is 0 Å². The Balaban J connectivity index is 2.07. The number of nitrogens with zero attached hydrogens (tertiary/aromatic N) is 1. The molecule has 0 saturated carbocycles. The average molecular weight is 244 g/mol. The van der Waals surface area contributed by atoms with E-state index in [2.05, 4.69) is 33.8 Å². The van der Waals surface area contributed by atoms with Crippen molar-refractivity contribution in [3.05, 3.63) is 22.6 Å². The van der Waals surface area contributed by atoms with Crippen molar-refractivity contribution in [3.8, 4) is 0 Å². The SMILES string of the molecule is CC(c1coc(Br)c1)N1CCCC1. The summed E-state index contributed by atoms with van der Waals surface area (Å²) >= 11 is 3.32. The molecule has 3 heteroatoms. The lowest BCUT2D eigenvalue weighted by Gasteiger charge is -2.22. The first-order valence-electron chi connectivity index (χ1n) is 4.75. The molecule has 72 valence electrons. The van der Waals surface area contributed by atoms with E-state index in [9.17, 15) is 0 Å². The smallest absolute Gasteiger partial charge is 0.169 e. The lowest BCUT2D eigenvalue weighted by Crippen LogP contribution is -2.22. The summed E-state index contributed by atoms with van der Waals surface area (Å²) in [5.74, 6) is 0. The fourth-order valence-electron chi connectivity index (χ4n) is 1.88. The van der Waals surface area contributed by atoms with Crippen molar-refractivity contribution in [2.75, 3.05) is 13.1 Å². The Hall–Kier alpha value is -0.280. The minimum Gasteiger partial charge on any atom is -0.457 e. The summed E-state index contributed by atoms with van der Waals surface area (Å²) < 4.78 is 6.06. The van der Waals surface area contributed by atoms with Crippen molar-refractivity contribution in [3.63, 3.8) is 0 Å². The summed E-state index contributed by atoms with van der Waals surface area (Å²) in [6, 6.07) is 2.56. The van der Waals surface area contributed by atoms with E-state index in [1.54, 1.807) is 0 Å². The van der Waals surface area contributed by atoms with Crippen LogP contribution < -0.4 is 0 Å². The molecule has 0 amide bonds. The van der Waals surface area contributed by atoms with E-state index in [-0.39, 0.29) is 0 Å². The van der Waals surface area contributed by atoms with E-state index in [1.165, 1.54) is 31.5 Å². The molecule has 2 rings (SSSR count). The van der Waals surface area contributed by atoms with Gasteiger partial charge in [0.05, 0.1) is 6.26 Å². The summed E-state index contributed by atoms with van der Waals surface area (Å²) in [5.41, 5.74) is 1.27. The molecule has 0 N–H and O–H groups in total. The largest absolute Gasteiger partial charge is 0.457 e. The van der Waals surface area contributed by atoms with E-state index in [4.69, 9.17) is 4.42 Å². The topological polar surface area (TPSA) is 16.4 Å². The molecular weight excluding hydrogens is 230 g/mol. The molecule has 1 fully saturated rings. The molecule has 1 aromatic heterocycles. The van der Waals surface area contributed by atoms with Gasteiger partial charge in [0.2, 0.25) is 0 Å². The van der Waals surface area contributed by atoms with Gasteiger partial charge in [0.1, 0.15) is 0 Å². The quantitative estimate of drug-likeness (QED) is 0.794. The van der Waals surface area contributed by atoms with Crippen LogP contribution in [0.1, 0.15) is 31.4 Å². The molecule has 2 heterocycles. The minimum atomic E-state index is 0.498. The summed E-state index contributed by atoms with van der Waals surface area (Å²) in [7, 11) is 0. The Bertz CT molecular complexity index is 278. The van der Waals surface area contributed by atoms with Crippen LogP contribution in [0.15, 0.2) is 21.4 Å². The molecule has 13 heavy (non-hydrogen) atoms. The lowest BCUT2D eigenvalue weighted by molar-refractivity contribution is 0.262. The molecule has 0 aliphatic carbocycles. The van der Waals surface area contributed by atoms with Gasteiger partial charge in [-0.1, -0.05) is 0 Å². The maximum Gasteiger partial charge on any atom is 0.169 e. The van der Waals surface area contributed by atoms with Crippen LogP contribution in [0.25, 0.3) is 0 Å². The maximum absolute atomic E-state index is 5.24. The highest BCUT2D eigenvalue weighted by atomic mass is 79.9. The van der Waals surface area contributed by atoms with E-state index >= 15 is 0 Å². The first kappa shape index (κ1) is 9.28. The normalized spacial score (nSPS) is 20.8. The van der Waals surface area contributed by atoms with Gasteiger partial charge in [-0.3, -0.25) is 4.90 Å². The first-order valence-corrected chi connectivity index (χ1v) is 5.54. The third kappa shape index (κ3) is 1.97. The molecule has 1 unspecified atom stereocenters. The second kappa shape index (κ2) is 3.84. The standard InChI is InChI=1S/C10H14BrNO/c1-8(12-4-2-3-5-12)9-6-10(11)13-7-9/h6-8H,2-5H2,1H3. The van der Waals surface area contributed by atoms with Crippen molar-refractivity contribution in [1.29, 1.82) is 0 Å². The third-order valence-electron chi connectivity index (χ3n) is 2.76. The summed E-state index contributed by atoms with van der Waals surface area (Å²) in [6.45, 7) is 4.69. The highest BCUT2D eigenvalue weighted by Crippen LogP contribution is 2.27. The van der Waals surface area contributed by atoms with Crippen LogP contribution in [0.5, 0.6) is 0 Å². The molecule has 1 aromatic rings. The summed E-state index contributed by atoms with van der Waals surface area (Å²) in [5, 5.41) is 0. The van der Waals surface area contributed by atoms with E-state index in [0.717, 1.165) is 4.67 Å². The molecule has 2 nitrogen and oxygen atoms in total. The van der Waals surface area contributed by atoms with Crippen LogP contribution in [0.2, 0.25) is 0 Å². The Morgan fingerprint density at radius 2 is 2.15 bits per heavy atom. The predicted molar refractivity (Wildman–Crippen MR) is 55.6 cm³/mol. The molecule has 0 aromatic carbocycles. The Morgan fingerprint density at radius 1 is 1.46 bits per heavy atom. The average Bonchev–Trinajstić information content (AvgIpc) is 2.72. The molecule has 1 saturated heterocycles. The fourth-order valence-corrected chi connectivity index (χ4v) is 2.24. The summed E-state index contributed by atoms with van der Waals surface area (Å²) in [6.07, 6.45) is 4.51. The van der Waals surface area contributed by atoms with Crippen LogP contribution in [-0.2, 0) is 0 Å². The van der Waals surface area contributed by atoms with Gasteiger partial charge in [0, 0.05) is 11.6 Å². The molecule has 1 aliphatic rings. The van der Waals surface area contributed by atoms with Crippen LogP contribution in [0, 0.1) is 0 Å². The van der Waals surface area contributed by atoms with Gasteiger partial charge in [-0.2, -0.15) is 0 Å². The fraction of sp³-hybridized carbons (Fsp3) is 0.600. The Labute approximate surface area is 87.0 Å². The van der Waals surface area contributed by atoms with Gasteiger partial charge in [-0.25, -0.2) is 0 Å². The first-order chi connectivity index (χ1) is 6.27. The zero-order valence-corrected chi connectivity index (χ0v) is 9.38. The lowest BCUT2D eigenvalue weighted by atomic mass is 10.1. The van der Waals surface area contributed by atoms with Crippen LogP contribution in [0.3, 0.4) is 0 Å². The van der Waals surface area contributed by atoms with Crippen LogP contribution in [0.4, 0.5) is 0 Å². The Kier molecular flexibility index (Phi) is 2.74. The van der Waals surface area contributed by atoms with Gasteiger partial charge < -0.3 is 4.42 Å². The zero-order chi connectivity index (χ0) is 9.26. The van der Waals surface area contributed by atoms with Gasteiger partial charge in [0.25, 0.3) is 0 Å². The Morgan fingerprint density at radius 3 is 2.69 bits per heavy atom. The number of hydrogen-bond donors (Lipinski definition) is 0. The minimum absolute atomic E-state index is 0.498. The van der Waals surface area contributed by atoms with Gasteiger partial charge in [-0.05, 0) is 54.9 Å². The predicted octanol–water partition coefficient (Wildman–Crippen LogP) is 3.20. The monoisotopic (exact) mass is 243 g/mol. The maximum atomic E-state index is 5.24. The molecule has 1 aliphatic heterocycles. The highest BCUT2D eigenvalue weighted by molar-refractivity contribution is 9.10. The van der Waals surface area contributed by atoms with Gasteiger partial charge in [0.15, 0.2) is 4.67 Å². The number of furan rings is 1. The van der Waals surface area contributed by atoms with E-state index < -0.39 is 0 Å². The second-order valence-corrected chi connectivity index (χ2v) is 4.38. The van der Waals surface area contributed by atoms with Crippen LogP contribution in [-0.4, -0.2) is 18.0 Å². The van der Waals surface area contributed by atoms with Crippen molar-refractivity contribution >= 4 is 15.9 Å². The number of halogens is 1. The molecule has 0 bridgehead atoms. The van der Waals surface area contributed by atoms with Crippen molar-refractivity contribution in [1.82, 2.24) is 4.90 Å². The third-order valence-corrected chi connectivity index (χ3v) is 3.17. The number of rotatable bonds is 2. The van der Waals surface area contributed by atoms with Gasteiger partial charge in [-0.15, -0.1) is 0 Å². The molecule has 0 spiro atoms. The van der Waals surface area contributed by atoms with Crippen molar-refractivity contribution < 1.29 is 4.42 Å².